The largest absolute Gasteiger partial charge is 0.508 e. The Bertz CT molecular complexity index is 745. The van der Waals surface area contributed by atoms with Gasteiger partial charge in [-0.2, -0.15) is 0 Å². The molecule has 2 aromatic carbocycles. The fourth-order valence-corrected chi connectivity index (χ4v) is 3.89. The molecule has 112 valence electrons. The number of hydrogen-bond donors (Lipinski definition) is 1. The van der Waals surface area contributed by atoms with Crippen molar-refractivity contribution in [2.45, 2.75) is 31.1 Å². The minimum Gasteiger partial charge on any atom is -0.508 e. The first-order valence-corrected chi connectivity index (χ1v) is 8.20. The summed E-state index contributed by atoms with van der Waals surface area (Å²) in [6.07, 6.45) is 4.40. The van der Waals surface area contributed by atoms with Gasteiger partial charge in [0, 0.05) is 17.0 Å². The Morgan fingerprint density at radius 2 is 1.82 bits per heavy atom. The van der Waals surface area contributed by atoms with Crippen molar-refractivity contribution >= 4 is 17.3 Å². The molecule has 3 heteroatoms. The van der Waals surface area contributed by atoms with Gasteiger partial charge < -0.3 is 5.11 Å². The zero-order chi connectivity index (χ0) is 15.2. The highest BCUT2D eigenvalue weighted by molar-refractivity contribution is 6.30. The molecule has 2 aliphatic rings. The first-order valence-electron chi connectivity index (χ1n) is 7.82. The van der Waals surface area contributed by atoms with E-state index in [1.165, 1.54) is 28.8 Å². The van der Waals surface area contributed by atoms with Crippen LogP contribution in [0.4, 0.5) is 0 Å². The SMILES string of the molecule is Oc1ccc2c(c1)CCN=C2C1(c2ccc(Cl)cc2)CCC1. The van der Waals surface area contributed by atoms with Gasteiger partial charge in [0.15, 0.2) is 0 Å². The second-order valence-corrected chi connectivity index (χ2v) is 6.70. The van der Waals surface area contributed by atoms with Crippen LogP contribution >= 0.6 is 11.6 Å². The van der Waals surface area contributed by atoms with Crippen LogP contribution in [0.5, 0.6) is 5.75 Å². The zero-order valence-electron chi connectivity index (χ0n) is 12.3. The molecule has 0 bridgehead atoms. The summed E-state index contributed by atoms with van der Waals surface area (Å²) in [5.74, 6) is 0.342. The van der Waals surface area contributed by atoms with Gasteiger partial charge in [-0.1, -0.05) is 30.2 Å². The van der Waals surface area contributed by atoms with E-state index in [-0.39, 0.29) is 5.41 Å². The lowest BCUT2D eigenvalue weighted by Gasteiger charge is -2.45. The Morgan fingerprint density at radius 1 is 1.05 bits per heavy atom. The normalized spacial score (nSPS) is 19.0. The number of phenolic OH excluding ortho intramolecular Hbond substituents is 1. The number of phenols is 1. The molecule has 0 radical (unpaired) electrons. The van der Waals surface area contributed by atoms with Gasteiger partial charge in [-0.15, -0.1) is 0 Å². The number of nitrogens with zero attached hydrogens (tertiary/aromatic N) is 1. The Kier molecular flexibility index (Phi) is 3.23. The molecule has 1 aliphatic heterocycles. The van der Waals surface area contributed by atoms with Crippen LogP contribution < -0.4 is 0 Å². The first kappa shape index (κ1) is 13.8. The molecule has 1 saturated carbocycles. The van der Waals surface area contributed by atoms with Crippen LogP contribution in [0.25, 0.3) is 0 Å². The molecule has 1 heterocycles. The van der Waals surface area contributed by atoms with Gasteiger partial charge in [0.2, 0.25) is 0 Å². The van der Waals surface area contributed by atoms with Gasteiger partial charge in [0.05, 0.1) is 5.71 Å². The summed E-state index contributed by atoms with van der Waals surface area (Å²) in [4.78, 5) is 4.90. The number of halogens is 1. The van der Waals surface area contributed by atoms with E-state index in [4.69, 9.17) is 16.6 Å². The molecule has 1 N–H and O–H groups in total. The number of hydrogen-bond acceptors (Lipinski definition) is 2. The average molecular weight is 312 g/mol. The van der Waals surface area contributed by atoms with Crippen molar-refractivity contribution < 1.29 is 5.11 Å². The highest BCUT2D eigenvalue weighted by Gasteiger charge is 2.44. The van der Waals surface area contributed by atoms with E-state index < -0.39 is 0 Å². The molecular formula is C19H18ClNO. The minimum atomic E-state index is 0.0245. The molecule has 0 unspecified atom stereocenters. The number of fused-ring (bicyclic) bond motifs is 1. The van der Waals surface area contributed by atoms with E-state index in [1.54, 1.807) is 6.07 Å². The van der Waals surface area contributed by atoms with Crippen molar-refractivity contribution in [1.29, 1.82) is 0 Å². The van der Waals surface area contributed by atoms with Gasteiger partial charge in [-0.05, 0) is 66.3 Å². The molecule has 0 amide bonds. The van der Waals surface area contributed by atoms with E-state index in [0.29, 0.717) is 5.75 Å². The van der Waals surface area contributed by atoms with Crippen molar-refractivity contribution in [3.8, 4) is 5.75 Å². The van der Waals surface area contributed by atoms with Gasteiger partial charge in [-0.25, -0.2) is 0 Å². The molecular weight excluding hydrogens is 294 g/mol. The molecule has 0 aromatic heterocycles. The van der Waals surface area contributed by atoms with Gasteiger partial charge >= 0.3 is 0 Å². The highest BCUT2D eigenvalue weighted by atomic mass is 35.5. The monoisotopic (exact) mass is 311 g/mol. The second kappa shape index (κ2) is 5.13. The lowest BCUT2D eigenvalue weighted by atomic mass is 9.59. The number of benzene rings is 2. The van der Waals surface area contributed by atoms with E-state index in [9.17, 15) is 5.11 Å². The fraction of sp³-hybridized carbons (Fsp3) is 0.316. The van der Waals surface area contributed by atoms with E-state index >= 15 is 0 Å². The van der Waals surface area contributed by atoms with Crippen LogP contribution in [0.2, 0.25) is 5.02 Å². The summed E-state index contributed by atoms with van der Waals surface area (Å²) >= 11 is 6.05. The number of aliphatic imine (C=N–C) groups is 1. The van der Waals surface area contributed by atoms with Crippen molar-refractivity contribution in [1.82, 2.24) is 0 Å². The maximum absolute atomic E-state index is 9.74. The van der Waals surface area contributed by atoms with Crippen LogP contribution in [0.15, 0.2) is 47.5 Å². The van der Waals surface area contributed by atoms with Gasteiger partial charge in [-0.3, -0.25) is 4.99 Å². The van der Waals surface area contributed by atoms with E-state index in [2.05, 4.69) is 12.1 Å². The Balaban J connectivity index is 1.83. The average Bonchev–Trinajstić information content (AvgIpc) is 2.48. The molecule has 22 heavy (non-hydrogen) atoms. The molecule has 0 atom stereocenters. The van der Waals surface area contributed by atoms with Crippen LogP contribution in [0, 0.1) is 0 Å². The Morgan fingerprint density at radius 3 is 2.50 bits per heavy atom. The maximum atomic E-state index is 9.74. The van der Waals surface area contributed by atoms with E-state index in [1.807, 2.05) is 24.3 Å². The lowest BCUT2D eigenvalue weighted by Crippen LogP contribution is -2.44. The van der Waals surface area contributed by atoms with Gasteiger partial charge in [0.1, 0.15) is 5.75 Å². The van der Waals surface area contributed by atoms with Crippen molar-refractivity contribution in [2.75, 3.05) is 6.54 Å². The number of rotatable bonds is 2. The maximum Gasteiger partial charge on any atom is 0.115 e. The second-order valence-electron chi connectivity index (χ2n) is 6.26. The molecule has 0 spiro atoms. The smallest absolute Gasteiger partial charge is 0.115 e. The summed E-state index contributed by atoms with van der Waals surface area (Å²) < 4.78 is 0. The summed E-state index contributed by atoms with van der Waals surface area (Å²) in [7, 11) is 0. The zero-order valence-corrected chi connectivity index (χ0v) is 13.1. The van der Waals surface area contributed by atoms with Crippen molar-refractivity contribution in [2.24, 2.45) is 4.99 Å². The van der Waals surface area contributed by atoms with Crippen LogP contribution in [-0.4, -0.2) is 17.4 Å². The summed E-state index contributed by atoms with van der Waals surface area (Å²) in [6, 6.07) is 13.9. The standard InChI is InChI=1S/C19H18ClNO/c20-15-4-2-14(3-5-15)19(9-1-10-19)18-17-7-6-16(22)12-13(17)8-11-21-18/h2-7,12,22H,1,8-11H2. The Labute approximate surface area is 135 Å². The van der Waals surface area contributed by atoms with Gasteiger partial charge in [0.25, 0.3) is 0 Å². The third-order valence-electron chi connectivity index (χ3n) is 5.05. The first-order chi connectivity index (χ1) is 10.7. The summed E-state index contributed by atoms with van der Waals surface area (Å²) in [6.45, 7) is 0.807. The molecule has 4 rings (SSSR count). The van der Waals surface area contributed by atoms with E-state index in [0.717, 1.165) is 30.8 Å². The molecule has 2 aromatic rings. The topological polar surface area (TPSA) is 32.6 Å². The molecule has 0 saturated heterocycles. The molecule has 2 nitrogen and oxygen atoms in total. The summed E-state index contributed by atoms with van der Waals surface area (Å²) in [5, 5.41) is 10.5. The van der Waals surface area contributed by atoms with Crippen molar-refractivity contribution in [3.63, 3.8) is 0 Å². The third kappa shape index (κ3) is 2.05. The predicted octanol–water partition coefficient (Wildman–Crippen LogP) is 4.51. The van der Waals surface area contributed by atoms with Crippen LogP contribution in [-0.2, 0) is 11.8 Å². The van der Waals surface area contributed by atoms with Crippen molar-refractivity contribution in [3.05, 3.63) is 64.2 Å². The third-order valence-corrected chi connectivity index (χ3v) is 5.30. The van der Waals surface area contributed by atoms with Crippen LogP contribution in [0.3, 0.4) is 0 Å². The quantitative estimate of drug-likeness (QED) is 0.869. The fourth-order valence-electron chi connectivity index (χ4n) is 3.76. The Hall–Kier alpha value is -1.80. The lowest BCUT2D eigenvalue weighted by molar-refractivity contribution is 0.339. The number of aromatic hydroxyl groups is 1. The summed E-state index contributed by atoms with van der Waals surface area (Å²) in [5.41, 5.74) is 4.95. The molecule has 1 aliphatic carbocycles. The van der Waals surface area contributed by atoms with Crippen LogP contribution in [0.1, 0.15) is 36.0 Å². The minimum absolute atomic E-state index is 0.0245. The highest BCUT2D eigenvalue weighted by Crippen LogP contribution is 2.48. The predicted molar refractivity (Wildman–Crippen MR) is 90.2 cm³/mol. The molecule has 1 fully saturated rings.